The van der Waals surface area contributed by atoms with Gasteiger partial charge in [0.1, 0.15) is 0 Å². The number of aromatic nitrogens is 1. The molecule has 34 heavy (non-hydrogen) atoms. The predicted octanol–water partition coefficient (Wildman–Crippen LogP) is 4.55. The number of aryl methyl sites for hydroxylation is 1. The zero-order chi connectivity index (χ0) is 24.2. The Morgan fingerprint density at radius 1 is 1.00 bits per heavy atom. The Labute approximate surface area is 197 Å². The fourth-order valence-corrected chi connectivity index (χ4v) is 4.33. The van der Waals surface area contributed by atoms with Crippen LogP contribution in [0.15, 0.2) is 73.1 Å². The van der Waals surface area contributed by atoms with Crippen LogP contribution in [0, 0.1) is 0 Å². The van der Waals surface area contributed by atoms with Gasteiger partial charge in [-0.25, -0.2) is 0 Å². The van der Waals surface area contributed by atoms with Gasteiger partial charge in [0.05, 0.1) is 11.0 Å². The Bertz CT molecular complexity index is 1390. The Hall–Kier alpha value is -4.26. The van der Waals surface area contributed by atoms with Gasteiger partial charge in [-0.3, -0.25) is 9.59 Å². The van der Waals surface area contributed by atoms with Gasteiger partial charge in [0.15, 0.2) is 0 Å². The van der Waals surface area contributed by atoms with Crippen molar-refractivity contribution >= 4 is 39.4 Å². The van der Waals surface area contributed by atoms with Crippen LogP contribution in [-0.4, -0.2) is 28.1 Å². The second-order valence-corrected chi connectivity index (χ2v) is 8.23. The van der Waals surface area contributed by atoms with Gasteiger partial charge in [-0.15, -0.1) is 0 Å². The summed E-state index contributed by atoms with van der Waals surface area (Å²) in [6, 6.07) is 19.6. The van der Waals surface area contributed by atoms with Crippen molar-refractivity contribution in [2.75, 3.05) is 11.4 Å². The summed E-state index contributed by atoms with van der Waals surface area (Å²) in [5.74, 6) is -1.30. The maximum absolute atomic E-state index is 11.6. The lowest BCUT2D eigenvalue weighted by Gasteiger charge is -2.19. The Morgan fingerprint density at radius 3 is 2.41 bits per heavy atom. The van der Waals surface area contributed by atoms with Crippen molar-refractivity contribution in [3.8, 4) is 5.69 Å². The van der Waals surface area contributed by atoms with E-state index in [0.717, 1.165) is 51.7 Å². The first-order valence-corrected chi connectivity index (χ1v) is 11.3. The molecular weight excluding hydrogens is 428 g/mol. The molecule has 0 fully saturated rings. The third-order valence-corrected chi connectivity index (χ3v) is 5.91. The number of carbonyl (C=O) groups is 2. The normalized spacial score (nSPS) is 11.4. The average molecular weight is 457 g/mol. The van der Waals surface area contributed by atoms with Crippen molar-refractivity contribution in [1.82, 2.24) is 4.57 Å². The molecule has 0 aliphatic rings. The number of nitrogens with zero attached hydrogens (tertiary/aromatic N) is 2. The molecule has 4 aromatic rings. The summed E-state index contributed by atoms with van der Waals surface area (Å²) in [6.07, 6.45) is 4.91. The maximum Gasteiger partial charge on any atom is 0.303 e. The fourth-order valence-electron chi connectivity index (χ4n) is 4.33. The summed E-state index contributed by atoms with van der Waals surface area (Å²) in [5, 5.41) is 11.2. The highest BCUT2D eigenvalue weighted by Gasteiger charge is 2.15. The van der Waals surface area contributed by atoms with E-state index in [0.29, 0.717) is 12.0 Å². The molecule has 174 valence electrons. The molecule has 3 aromatic carbocycles. The Kier molecular flexibility index (Phi) is 6.54. The second-order valence-electron chi connectivity index (χ2n) is 8.23. The van der Waals surface area contributed by atoms with Gasteiger partial charge in [-0.2, -0.15) is 0 Å². The highest BCUT2D eigenvalue weighted by molar-refractivity contribution is 6.10. The fraction of sp³-hybridized carbons (Fsp3) is 0.185. The number of carboxylic acid groups (broad SMARTS) is 1. The molecule has 1 heterocycles. The molecule has 0 radical (unpaired) electrons. The molecule has 0 unspecified atom stereocenters. The summed E-state index contributed by atoms with van der Waals surface area (Å²) >= 11 is 0. The lowest BCUT2D eigenvalue weighted by atomic mass is 10.1. The van der Waals surface area contributed by atoms with Crippen LogP contribution in [0.25, 0.3) is 27.5 Å². The second kappa shape index (κ2) is 9.70. The third kappa shape index (κ3) is 4.45. The molecule has 1 amide bonds. The van der Waals surface area contributed by atoms with Gasteiger partial charge in [0.25, 0.3) is 0 Å². The molecule has 7 heteroatoms. The maximum atomic E-state index is 11.6. The number of carbonyl (C=O) groups excluding carboxylic acids is 1. The predicted molar refractivity (Wildman–Crippen MR) is 136 cm³/mol. The minimum Gasteiger partial charge on any atom is -0.481 e. The lowest BCUT2D eigenvalue weighted by Crippen LogP contribution is -2.17. The molecule has 0 aliphatic carbocycles. The van der Waals surface area contributed by atoms with Crippen molar-refractivity contribution in [2.45, 2.75) is 26.2 Å². The van der Waals surface area contributed by atoms with Gasteiger partial charge in [-0.1, -0.05) is 19.1 Å². The summed E-state index contributed by atoms with van der Waals surface area (Å²) in [6.45, 7) is 2.96. The summed E-state index contributed by atoms with van der Waals surface area (Å²) < 4.78 is 2.13. The first-order valence-electron chi connectivity index (χ1n) is 11.3. The molecular formula is C27H28N4O3. The third-order valence-electron chi connectivity index (χ3n) is 5.91. The topological polar surface area (TPSA) is 115 Å². The number of aliphatic carboxylic acids is 1. The molecule has 0 saturated carbocycles. The zero-order valence-corrected chi connectivity index (χ0v) is 19.1. The number of fused-ring (bicyclic) bond motifs is 3. The van der Waals surface area contributed by atoms with Crippen molar-refractivity contribution in [1.29, 1.82) is 0 Å². The minimum atomic E-state index is -0.823. The van der Waals surface area contributed by atoms with E-state index in [-0.39, 0.29) is 6.42 Å². The summed E-state index contributed by atoms with van der Waals surface area (Å²) in [4.78, 5) is 24.8. The van der Waals surface area contributed by atoms with E-state index in [1.54, 1.807) is 12.1 Å². The van der Waals surface area contributed by atoms with Crippen LogP contribution in [0.1, 0.15) is 35.7 Å². The molecule has 0 spiro atoms. The van der Waals surface area contributed by atoms with Crippen LogP contribution in [0.5, 0.6) is 0 Å². The van der Waals surface area contributed by atoms with Gasteiger partial charge in [0, 0.05) is 53.1 Å². The van der Waals surface area contributed by atoms with Crippen LogP contribution < -0.4 is 16.4 Å². The molecule has 0 saturated heterocycles. The number of benzene rings is 3. The van der Waals surface area contributed by atoms with Crippen LogP contribution in [-0.2, 0) is 11.2 Å². The number of rotatable bonds is 9. The Balaban J connectivity index is 1.94. The van der Waals surface area contributed by atoms with E-state index in [9.17, 15) is 9.59 Å². The van der Waals surface area contributed by atoms with Crippen molar-refractivity contribution in [3.05, 3.63) is 84.2 Å². The van der Waals surface area contributed by atoms with Crippen LogP contribution >= 0.6 is 0 Å². The zero-order valence-electron chi connectivity index (χ0n) is 19.1. The number of carboxylic acids is 1. The van der Waals surface area contributed by atoms with Gasteiger partial charge < -0.3 is 26.0 Å². The van der Waals surface area contributed by atoms with Crippen LogP contribution in [0.3, 0.4) is 0 Å². The minimum absolute atomic E-state index is 0.0700. The quantitative estimate of drug-likeness (QED) is 0.342. The SMILES string of the molecule is CCCN(/C=C\N)c1ccc2c(c1)c1ccc(CCC(=O)O)cc1n2-c1ccc(C(N)=O)cc1. The highest BCUT2D eigenvalue weighted by atomic mass is 16.4. The largest absolute Gasteiger partial charge is 0.481 e. The molecule has 0 aliphatic heterocycles. The smallest absolute Gasteiger partial charge is 0.303 e. The van der Waals surface area contributed by atoms with Gasteiger partial charge >= 0.3 is 5.97 Å². The number of nitrogens with two attached hydrogens (primary N) is 2. The van der Waals surface area contributed by atoms with Gasteiger partial charge in [0.2, 0.25) is 5.91 Å². The molecule has 0 bridgehead atoms. The van der Waals surface area contributed by atoms with Crippen LogP contribution in [0.4, 0.5) is 5.69 Å². The molecule has 4 rings (SSSR count). The van der Waals surface area contributed by atoms with E-state index in [1.807, 2.05) is 30.5 Å². The first-order chi connectivity index (χ1) is 16.4. The van der Waals surface area contributed by atoms with Crippen molar-refractivity contribution in [2.24, 2.45) is 11.5 Å². The molecule has 5 N–H and O–H groups in total. The van der Waals surface area contributed by atoms with Crippen molar-refractivity contribution < 1.29 is 14.7 Å². The van der Waals surface area contributed by atoms with E-state index in [1.165, 1.54) is 6.20 Å². The van der Waals surface area contributed by atoms with E-state index in [2.05, 4.69) is 40.7 Å². The highest BCUT2D eigenvalue weighted by Crippen LogP contribution is 2.35. The molecule has 7 nitrogen and oxygen atoms in total. The molecule has 1 aromatic heterocycles. The first kappa shape index (κ1) is 22.9. The number of primary amides is 1. The number of anilines is 1. The number of hydrogen-bond donors (Lipinski definition) is 3. The summed E-state index contributed by atoms with van der Waals surface area (Å²) in [7, 11) is 0. The monoisotopic (exact) mass is 456 g/mol. The van der Waals surface area contributed by atoms with E-state index in [4.69, 9.17) is 16.6 Å². The van der Waals surface area contributed by atoms with Crippen LogP contribution in [0.2, 0.25) is 0 Å². The van der Waals surface area contributed by atoms with E-state index < -0.39 is 11.9 Å². The number of hydrogen-bond acceptors (Lipinski definition) is 4. The lowest BCUT2D eigenvalue weighted by molar-refractivity contribution is -0.136. The average Bonchev–Trinajstić information content (AvgIpc) is 3.15. The van der Waals surface area contributed by atoms with E-state index >= 15 is 0 Å². The van der Waals surface area contributed by atoms with Gasteiger partial charge in [-0.05, 0) is 66.9 Å². The molecule has 0 atom stereocenters. The summed E-state index contributed by atoms with van der Waals surface area (Å²) in [5.41, 5.74) is 16.4. The van der Waals surface area contributed by atoms with Crippen molar-refractivity contribution in [3.63, 3.8) is 0 Å². The Morgan fingerprint density at radius 2 is 1.76 bits per heavy atom. The standard InChI is InChI=1S/C27H28N4O3/c1-2-14-30(15-13-28)21-9-11-24-23(17-21)22-10-3-18(4-12-26(32)33)16-25(22)31(24)20-7-5-19(6-8-20)27(29)34/h3,5-11,13,15-17H,2,4,12,14,28H2,1H3,(H2,29,34)(H,32,33)/b15-13-. The number of amides is 1.